The van der Waals surface area contributed by atoms with E-state index in [1.54, 1.807) is 0 Å². The van der Waals surface area contributed by atoms with Crippen LogP contribution in [0, 0.1) is 5.41 Å². The Labute approximate surface area is 105 Å². The van der Waals surface area contributed by atoms with E-state index in [0.717, 1.165) is 19.4 Å². The van der Waals surface area contributed by atoms with Crippen LogP contribution < -0.4 is 5.32 Å². The molecule has 0 saturated heterocycles. The van der Waals surface area contributed by atoms with Gasteiger partial charge in [-0.05, 0) is 24.8 Å². The molecule has 17 heavy (non-hydrogen) atoms. The summed E-state index contributed by atoms with van der Waals surface area (Å²) < 4.78 is 29.4. The monoisotopic (exact) mass is 263 g/mol. The highest BCUT2D eigenvalue weighted by Gasteiger charge is 2.47. The van der Waals surface area contributed by atoms with E-state index < -0.39 is 9.84 Å². The molecule has 5 heteroatoms. The van der Waals surface area contributed by atoms with E-state index in [1.807, 2.05) is 6.92 Å². The summed E-state index contributed by atoms with van der Waals surface area (Å²) in [5.74, 6) is 0.131. The summed E-state index contributed by atoms with van der Waals surface area (Å²) in [5.41, 5.74) is 0.0564. The molecule has 1 saturated carbocycles. The van der Waals surface area contributed by atoms with Gasteiger partial charge in [-0.15, -0.1) is 0 Å². The molecule has 0 aliphatic heterocycles. The maximum atomic E-state index is 12.2. The lowest BCUT2D eigenvalue weighted by Gasteiger charge is -2.31. The third kappa shape index (κ3) is 3.42. The Hall–Kier alpha value is -0.130. The van der Waals surface area contributed by atoms with Gasteiger partial charge >= 0.3 is 0 Å². The van der Waals surface area contributed by atoms with E-state index in [1.165, 1.54) is 7.11 Å². The van der Waals surface area contributed by atoms with Crippen LogP contribution in [0.15, 0.2) is 0 Å². The average Bonchev–Trinajstić information content (AvgIpc) is 2.53. The van der Waals surface area contributed by atoms with Crippen molar-refractivity contribution in [3.05, 3.63) is 0 Å². The fraction of sp³-hybridized carbons (Fsp3) is 1.00. The van der Waals surface area contributed by atoms with Crippen molar-refractivity contribution in [3.63, 3.8) is 0 Å². The lowest BCUT2D eigenvalue weighted by molar-refractivity contribution is 0.216. The molecule has 1 aliphatic carbocycles. The smallest absolute Gasteiger partial charge is 0.156 e. The molecule has 2 unspecified atom stereocenters. The van der Waals surface area contributed by atoms with Crippen molar-refractivity contribution in [2.45, 2.75) is 44.9 Å². The molecule has 0 amide bonds. The summed E-state index contributed by atoms with van der Waals surface area (Å²) in [6.07, 6.45) is 1.72. The molecular formula is C12H25NO3S. The van der Waals surface area contributed by atoms with Crippen molar-refractivity contribution in [1.82, 2.24) is 5.32 Å². The third-order valence-electron chi connectivity index (χ3n) is 3.74. The molecule has 0 aromatic rings. The minimum Gasteiger partial charge on any atom is -0.384 e. The van der Waals surface area contributed by atoms with Crippen LogP contribution in [0.1, 0.15) is 33.6 Å². The maximum Gasteiger partial charge on any atom is 0.156 e. The summed E-state index contributed by atoms with van der Waals surface area (Å²) in [6.45, 7) is 7.41. The van der Waals surface area contributed by atoms with Crippen LogP contribution in [0.25, 0.3) is 0 Å². The van der Waals surface area contributed by atoms with Crippen molar-refractivity contribution in [3.8, 4) is 0 Å². The predicted octanol–water partition coefficient (Wildman–Crippen LogP) is 1.21. The second-order valence-electron chi connectivity index (χ2n) is 5.46. The highest BCUT2D eigenvalue weighted by molar-refractivity contribution is 7.92. The lowest BCUT2D eigenvalue weighted by atomic mass is 9.87. The molecule has 0 heterocycles. The Kier molecular flexibility index (Phi) is 4.98. The second-order valence-corrected chi connectivity index (χ2v) is 7.80. The van der Waals surface area contributed by atoms with Gasteiger partial charge in [0.25, 0.3) is 0 Å². The first-order valence-electron chi connectivity index (χ1n) is 6.29. The zero-order valence-corrected chi connectivity index (χ0v) is 12.1. The molecule has 1 fully saturated rings. The standard InChI is InChI=1S/C12H25NO3S/c1-5-13-11-10(6-7-12(11,2)3)17(14,15)9-8-16-4/h10-11,13H,5-9H2,1-4H3. The first-order chi connectivity index (χ1) is 7.85. The number of nitrogens with one attached hydrogen (secondary N) is 1. The second kappa shape index (κ2) is 5.67. The minimum absolute atomic E-state index is 0.0564. The molecule has 0 spiro atoms. The number of ether oxygens (including phenoxy) is 1. The summed E-state index contributed by atoms with van der Waals surface area (Å²) in [5, 5.41) is 3.09. The predicted molar refractivity (Wildman–Crippen MR) is 69.9 cm³/mol. The Morgan fingerprint density at radius 2 is 2.06 bits per heavy atom. The van der Waals surface area contributed by atoms with Gasteiger partial charge in [0.05, 0.1) is 17.6 Å². The lowest BCUT2D eigenvalue weighted by Crippen LogP contribution is -2.48. The zero-order valence-electron chi connectivity index (χ0n) is 11.3. The van der Waals surface area contributed by atoms with Gasteiger partial charge in [-0.1, -0.05) is 20.8 Å². The van der Waals surface area contributed by atoms with E-state index in [-0.39, 0.29) is 29.1 Å². The summed E-state index contributed by atoms with van der Waals surface area (Å²) in [4.78, 5) is 0. The number of hydrogen-bond donors (Lipinski definition) is 1. The van der Waals surface area contributed by atoms with Gasteiger partial charge in [-0.3, -0.25) is 0 Å². The number of rotatable bonds is 6. The van der Waals surface area contributed by atoms with E-state index in [9.17, 15) is 8.42 Å². The van der Waals surface area contributed by atoms with Crippen molar-refractivity contribution in [2.75, 3.05) is 26.0 Å². The molecule has 4 nitrogen and oxygen atoms in total. The quantitative estimate of drug-likeness (QED) is 0.783. The molecule has 0 aromatic heterocycles. The Morgan fingerprint density at radius 1 is 1.41 bits per heavy atom. The molecule has 0 aromatic carbocycles. The van der Waals surface area contributed by atoms with Crippen LogP contribution >= 0.6 is 0 Å². The highest BCUT2D eigenvalue weighted by atomic mass is 32.2. The fourth-order valence-corrected chi connectivity index (χ4v) is 4.76. The fourth-order valence-electron chi connectivity index (χ4n) is 2.71. The zero-order chi connectivity index (χ0) is 13.1. The van der Waals surface area contributed by atoms with E-state index in [0.29, 0.717) is 0 Å². The van der Waals surface area contributed by atoms with Gasteiger partial charge in [-0.25, -0.2) is 8.42 Å². The van der Waals surface area contributed by atoms with Gasteiger partial charge in [0, 0.05) is 13.2 Å². The van der Waals surface area contributed by atoms with Gasteiger partial charge in [0.2, 0.25) is 0 Å². The third-order valence-corrected chi connectivity index (χ3v) is 5.91. The van der Waals surface area contributed by atoms with Gasteiger partial charge in [0.15, 0.2) is 9.84 Å². The molecule has 1 rings (SSSR count). The summed E-state index contributed by atoms with van der Waals surface area (Å²) in [7, 11) is -1.51. The summed E-state index contributed by atoms with van der Waals surface area (Å²) in [6, 6.07) is 0.0642. The van der Waals surface area contributed by atoms with Crippen LogP contribution in [0.4, 0.5) is 0 Å². The van der Waals surface area contributed by atoms with E-state index >= 15 is 0 Å². The molecule has 1 N–H and O–H groups in total. The Bertz CT molecular complexity index is 338. The number of sulfone groups is 1. The van der Waals surface area contributed by atoms with Gasteiger partial charge in [0.1, 0.15) is 0 Å². The van der Waals surface area contributed by atoms with Crippen LogP contribution in [-0.2, 0) is 14.6 Å². The largest absolute Gasteiger partial charge is 0.384 e. The Balaban J connectivity index is 2.82. The molecule has 1 aliphatic rings. The summed E-state index contributed by atoms with van der Waals surface area (Å²) >= 11 is 0. The van der Waals surface area contributed by atoms with Gasteiger partial charge in [-0.2, -0.15) is 0 Å². The maximum absolute atomic E-state index is 12.2. The van der Waals surface area contributed by atoms with Crippen molar-refractivity contribution in [1.29, 1.82) is 0 Å². The minimum atomic E-state index is -3.05. The number of hydrogen-bond acceptors (Lipinski definition) is 4. The highest BCUT2D eigenvalue weighted by Crippen LogP contribution is 2.40. The van der Waals surface area contributed by atoms with Crippen LogP contribution in [0.5, 0.6) is 0 Å². The molecule has 0 radical (unpaired) electrons. The first-order valence-corrected chi connectivity index (χ1v) is 8.00. The van der Waals surface area contributed by atoms with Crippen LogP contribution in [0.3, 0.4) is 0 Å². The van der Waals surface area contributed by atoms with E-state index in [4.69, 9.17) is 4.74 Å². The average molecular weight is 263 g/mol. The molecular weight excluding hydrogens is 238 g/mol. The first kappa shape index (κ1) is 14.9. The molecule has 102 valence electrons. The molecule has 2 atom stereocenters. The number of methoxy groups -OCH3 is 1. The van der Waals surface area contributed by atoms with Crippen LogP contribution in [-0.4, -0.2) is 45.7 Å². The van der Waals surface area contributed by atoms with Crippen molar-refractivity contribution < 1.29 is 13.2 Å². The van der Waals surface area contributed by atoms with Crippen molar-refractivity contribution in [2.24, 2.45) is 5.41 Å². The molecule has 0 bridgehead atoms. The topological polar surface area (TPSA) is 55.4 Å². The Morgan fingerprint density at radius 3 is 2.59 bits per heavy atom. The van der Waals surface area contributed by atoms with Gasteiger partial charge < -0.3 is 10.1 Å². The van der Waals surface area contributed by atoms with E-state index in [2.05, 4.69) is 19.2 Å². The van der Waals surface area contributed by atoms with Crippen LogP contribution in [0.2, 0.25) is 0 Å². The van der Waals surface area contributed by atoms with Crippen molar-refractivity contribution >= 4 is 9.84 Å². The normalized spacial score (nSPS) is 28.5. The SMILES string of the molecule is CCNC1C(S(=O)(=O)CCOC)CCC1(C)C.